The molecule has 2 aromatic carbocycles. The Morgan fingerprint density at radius 3 is 2.70 bits per heavy atom. The van der Waals surface area contributed by atoms with Crippen LogP contribution < -0.4 is 10.1 Å². The lowest BCUT2D eigenvalue weighted by Crippen LogP contribution is -2.46. The van der Waals surface area contributed by atoms with Gasteiger partial charge in [-0.1, -0.05) is 12.1 Å². The van der Waals surface area contributed by atoms with E-state index in [2.05, 4.69) is 10.2 Å². The van der Waals surface area contributed by atoms with Crippen molar-refractivity contribution >= 4 is 18.1 Å². The molecule has 1 fully saturated rings. The number of hydrogen-bond acceptors (Lipinski definition) is 8. The summed E-state index contributed by atoms with van der Waals surface area (Å²) in [5, 5.41) is 23.9. The topological polar surface area (TPSA) is 129 Å². The third-order valence-electron chi connectivity index (χ3n) is 6.58. The van der Waals surface area contributed by atoms with E-state index in [0.717, 1.165) is 13.1 Å². The van der Waals surface area contributed by atoms with E-state index in [0.29, 0.717) is 37.2 Å². The van der Waals surface area contributed by atoms with Crippen LogP contribution in [0.3, 0.4) is 0 Å². The summed E-state index contributed by atoms with van der Waals surface area (Å²) in [7, 11) is 1.44. The number of aliphatic hydroxyl groups is 2. The third kappa shape index (κ3) is 5.80. The molecule has 4 rings (SSSR count). The molecule has 3 N–H and O–H groups in total. The second-order valence-corrected chi connectivity index (χ2v) is 9.00. The van der Waals surface area contributed by atoms with Gasteiger partial charge in [0.25, 0.3) is 5.91 Å². The van der Waals surface area contributed by atoms with Crippen molar-refractivity contribution in [2.75, 3.05) is 33.4 Å². The summed E-state index contributed by atoms with van der Waals surface area (Å²) in [4.78, 5) is 39.8. The Morgan fingerprint density at radius 1 is 1.27 bits per heavy atom. The number of benzene rings is 2. The van der Waals surface area contributed by atoms with Crippen molar-refractivity contribution in [2.24, 2.45) is 0 Å². The van der Waals surface area contributed by atoms with Crippen molar-refractivity contribution in [1.82, 2.24) is 15.1 Å². The fraction of sp³-hybridized carbons (Fsp3) is 0.423. The molecule has 0 aliphatic carbocycles. The molecule has 2 aliphatic rings. The summed E-state index contributed by atoms with van der Waals surface area (Å²) in [6.45, 7) is 3.09. The second kappa shape index (κ2) is 11.3. The van der Waals surface area contributed by atoms with Gasteiger partial charge < -0.3 is 34.7 Å². The Bertz CT molecular complexity index is 1170. The Kier molecular flexibility index (Phi) is 8.18. The first-order chi connectivity index (χ1) is 17.7. The van der Waals surface area contributed by atoms with Crippen LogP contribution in [0, 0.1) is 5.82 Å². The van der Waals surface area contributed by atoms with E-state index in [1.807, 2.05) is 0 Å². The summed E-state index contributed by atoms with van der Waals surface area (Å²) in [6.07, 6.45) is 0.884. The number of amides is 2. The van der Waals surface area contributed by atoms with Crippen molar-refractivity contribution in [1.29, 1.82) is 0 Å². The monoisotopic (exact) mass is 515 g/mol. The molecule has 0 spiro atoms. The van der Waals surface area contributed by atoms with Gasteiger partial charge in [0, 0.05) is 44.2 Å². The Labute approximate surface area is 213 Å². The molecule has 1 atom stereocenters. The number of morpholine rings is 1. The van der Waals surface area contributed by atoms with Crippen LogP contribution in [0.5, 0.6) is 5.75 Å². The molecule has 37 heavy (non-hydrogen) atoms. The largest absolute Gasteiger partial charge is 0.435 e. The predicted molar refractivity (Wildman–Crippen MR) is 129 cm³/mol. The highest BCUT2D eigenvalue weighted by Crippen LogP contribution is 2.36. The number of aldehydes is 1. The Morgan fingerprint density at radius 2 is 2.03 bits per heavy atom. The Hall–Kier alpha value is -3.38. The normalized spacial score (nSPS) is 16.9. The number of hydrogen-bond donors (Lipinski definition) is 3. The zero-order valence-corrected chi connectivity index (χ0v) is 20.5. The molecule has 2 heterocycles. The number of rotatable bonds is 10. The number of nitrogens with one attached hydrogen (secondary N) is 1. The number of carbonyl (C=O) groups is 3. The van der Waals surface area contributed by atoms with Crippen molar-refractivity contribution < 1.29 is 38.5 Å². The predicted octanol–water partition coefficient (Wildman–Crippen LogP) is 0.881. The molecule has 2 aliphatic heterocycles. The highest BCUT2D eigenvalue weighted by Gasteiger charge is 2.39. The van der Waals surface area contributed by atoms with Gasteiger partial charge in [-0.2, -0.15) is 0 Å². The molecule has 2 aromatic rings. The molecule has 0 aromatic heterocycles. The van der Waals surface area contributed by atoms with Crippen molar-refractivity contribution in [2.45, 2.75) is 37.9 Å². The zero-order chi connectivity index (χ0) is 26.6. The molecule has 0 radical (unpaired) electrons. The van der Waals surface area contributed by atoms with Crippen molar-refractivity contribution in [3.05, 3.63) is 64.5 Å². The van der Waals surface area contributed by atoms with Gasteiger partial charge in [-0.3, -0.25) is 14.5 Å². The highest BCUT2D eigenvalue weighted by molar-refractivity contribution is 6.01. The first kappa shape index (κ1) is 26.7. The second-order valence-electron chi connectivity index (χ2n) is 9.00. The highest BCUT2D eigenvalue weighted by atomic mass is 19.1. The van der Waals surface area contributed by atoms with Crippen LogP contribution in [-0.4, -0.2) is 77.5 Å². The van der Waals surface area contributed by atoms with E-state index < -0.39 is 35.2 Å². The maximum Gasteiger partial charge on any atom is 0.354 e. The molecule has 198 valence electrons. The van der Waals surface area contributed by atoms with Gasteiger partial charge in [-0.25, -0.2) is 4.39 Å². The van der Waals surface area contributed by atoms with Crippen LogP contribution in [0.25, 0.3) is 0 Å². The molecule has 0 saturated carbocycles. The molecule has 1 unspecified atom stereocenters. The lowest BCUT2D eigenvalue weighted by Gasteiger charge is -2.28. The first-order valence-corrected chi connectivity index (χ1v) is 12.1. The number of nitrogens with zero attached hydrogens (tertiary/aromatic N) is 2. The minimum absolute atomic E-state index is 0.0406. The van der Waals surface area contributed by atoms with Crippen LogP contribution in [0.15, 0.2) is 36.4 Å². The van der Waals surface area contributed by atoms with E-state index in [1.54, 1.807) is 6.07 Å². The Balaban J connectivity index is 1.54. The third-order valence-corrected chi connectivity index (χ3v) is 6.58. The molecule has 10 nitrogen and oxygen atoms in total. The smallest absolute Gasteiger partial charge is 0.354 e. The van der Waals surface area contributed by atoms with Gasteiger partial charge in [0.15, 0.2) is 0 Å². The number of halogens is 1. The lowest BCUT2D eigenvalue weighted by atomic mass is 10.1. The minimum Gasteiger partial charge on any atom is -0.435 e. The van der Waals surface area contributed by atoms with Crippen molar-refractivity contribution in [3.63, 3.8) is 0 Å². The van der Waals surface area contributed by atoms with Gasteiger partial charge in [0.1, 0.15) is 23.9 Å². The maximum atomic E-state index is 15.0. The SMILES string of the molecule is CNC(=O)C(CCC=O)N1Cc2c(OC(O)(O)c3ccc(CN4CCOCC4)cc3F)cccc2C1=O. The summed E-state index contributed by atoms with van der Waals surface area (Å²) >= 11 is 0. The summed E-state index contributed by atoms with van der Waals surface area (Å²) in [5.41, 5.74) is 0.724. The molecule has 11 heteroatoms. The van der Waals surface area contributed by atoms with E-state index in [-0.39, 0.29) is 30.7 Å². The van der Waals surface area contributed by atoms with Crippen molar-refractivity contribution in [3.8, 4) is 5.75 Å². The van der Waals surface area contributed by atoms with Crippen LogP contribution in [0.4, 0.5) is 4.39 Å². The number of carbonyl (C=O) groups excluding carboxylic acids is 3. The van der Waals surface area contributed by atoms with E-state index >= 15 is 0 Å². The van der Waals surface area contributed by atoms with Gasteiger partial charge >= 0.3 is 5.97 Å². The fourth-order valence-corrected chi connectivity index (χ4v) is 4.64. The van der Waals surface area contributed by atoms with Crippen LogP contribution >= 0.6 is 0 Å². The van der Waals surface area contributed by atoms with Gasteiger partial charge in [0.2, 0.25) is 5.91 Å². The average molecular weight is 516 g/mol. The van der Waals surface area contributed by atoms with Crippen LogP contribution in [0.1, 0.15) is 39.9 Å². The van der Waals surface area contributed by atoms with E-state index in [1.165, 1.54) is 42.3 Å². The summed E-state index contributed by atoms with van der Waals surface area (Å²) < 4.78 is 25.7. The lowest BCUT2D eigenvalue weighted by molar-refractivity contribution is -0.305. The van der Waals surface area contributed by atoms with Gasteiger partial charge in [-0.05, 0) is 36.2 Å². The first-order valence-electron chi connectivity index (χ1n) is 12.1. The fourth-order valence-electron chi connectivity index (χ4n) is 4.64. The molecular formula is C26H30FN3O7. The quantitative estimate of drug-likeness (QED) is 0.314. The van der Waals surface area contributed by atoms with E-state index in [9.17, 15) is 29.0 Å². The molecule has 0 bridgehead atoms. The maximum absolute atomic E-state index is 15.0. The minimum atomic E-state index is -3.02. The number of ether oxygens (including phenoxy) is 2. The zero-order valence-electron chi connectivity index (χ0n) is 20.5. The average Bonchev–Trinajstić information content (AvgIpc) is 3.21. The standard InChI is InChI=1S/C26H30FN3O7/c1-28-24(32)22(5-3-11-31)30-16-19-18(25(30)33)4-2-6-23(19)37-26(34,35)20-8-7-17(14-21(20)27)15-29-9-12-36-13-10-29/h2,4,6-8,11,14,22,34-35H,3,5,9-10,12-13,15-16H2,1H3,(H,28,32). The van der Waals surface area contributed by atoms with Gasteiger partial charge in [0.05, 0.1) is 25.3 Å². The van der Waals surface area contributed by atoms with Gasteiger partial charge in [-0.15, -0.1) is 0 Å². The number of fused-ring (bicyclic) bond motifs is 1. The summed E-state index contributed by atoms with van der Waals surface area (Å²) in [5.74, 6) is -4.80. The number of likely N-dealkylation sites (N-methyl/N-ethyl adjacent to an activating group) is 1. The van der Waals surface area contributed by atoms with E-state index in [4.69, 9.17) is 9.47 Å². The van der Waals surface area contributed by atoms with Crippen LogP contribution in [0.2, 0.25) is 0 Å². The molecular weight excluding hydrogens is 485 g/mol. The summed E-state index contributed by atoms with van der Waals surface area (Å²) in [6, 6.07) is 7.65. The molecule has 2 amide bonds. The molecule has 1 saturated heterocycles. The van der Waals surface area contributed by atoms with Crippen LogP contribution in [-0.2, 0) is 33.4 Å².